The van der Waals surface area contributed by atoms with E-state index in [1.54, 1.807) is 12.4 Å². The Morgan fingerprint density at radius 1 is 1.46 bits per heavy atom. The normalized spacial score (nSPS) is 17.6. The number of rotatable bonds is 5. The van der Waals surface area contributed by atoms with E-state index in [0.717, 1.165) is 11.4 Å². The predicted octanol–water partition coefficient (Wildman–Crippen LogP) is 2.36. The summed E-state index contributed by atoms with van der Waals surface area (Å²) in [6.07, 6.45) is 2.33. The van der Waals surface area contributed by atoms with Gasteiger partial charge in [-0.15, -0.1) is 0 Å². The molecule has 0 radical (unpaired) electrons. The lowest BCUT2D eigenvalue weighted by Gasteiger charge is -2.38. The van der Waals surface area contributed by atoms with E-state index in [4.69, 9.17) is 4.74 Å². The number of nitrogens with zero attached hydrogens (tertiary/aromatic N) is 2. The zero-order valence-corrected chi connectivity index (χ0v) is 13.5. The number of carbonyl (C=O) groups is 1. The number of benzene rings is 1. The van der Waals surface area contributed by atoms with Gasteiger partial charge in [0.05, 0.1) is 12.0 Å². The Balaban J connectivity index is 1.68. The van der Waals surface area contributed by atoms with Gasteiger partial charge in [0.15, 0.2) is 0 Å². The van der Waals surface area contributed by atoms with Crippen LogP contribution in [0.5, 0.6) is 5.75 Å². The zero-order chi connectivity index (χ0) is 17.2. The number of aliphatic carboxylic acids is 1. The molecule has 128 valence electrons. The molecule has 0 unspecified atom stereocenters. The minimum atomic E-state index is -1.31. The number of carboxylic acid groups (broad SMARTS) is 1. The summed E-state index contributed by atoms with van der Waals surface area (Å²) in [4.78, 5) is 21.3. The number of aryl methyl sites for hydroxylation is 1. The average molecular weight is 333 g/mol. The lowest BCUT2D eigenvalue weighted by molar-refractivity contribution is -0.159. The number of aromatic amines is 1. The number of likely N-dealkylation sites (tertiary alicyclic amines) is 1. The van der Waals surface area contributed by atoms with Gasteiger partial charge in [-0.05, 0) is 19.1 Å². The molecule has 0 amide bonds. The van der Waals surface area contributed by atoms with Crippen molar-refractivity contribution < 1.29 is 19.0 Å². The van der Waals surface area contributed by atoms with Crippen LogP contribution in [0.1, 0.15) is 24.2 Å². The number of halogens is 1. The second-order valence-corrected chi connectivity index (χ2v) is 6.11. The fraction of sp³-hybridized carbons (Fsp3) is 0.412. The summed E-state index contributed by atoms with van der Waals surface area (Å²) in [6, 6.07) is 5.60. The first-order valence-corrected chi connectivity index (χ1v) is 7.88. The minimum Gasteiger partial charge on any atom is -0.478 e. The van der Waals surface area contributed by atoms with Crippen LogP contribution in [0.2, 0.25) is 0 Å². The van der Waals surface area contributed by atoms with Crippen molar-refractivity contribution in [2.24, 2.45) is 0 Å². The van der Waals surface area contributed by atoms with Crippen LogP contribution >= 0.6 is 0 Å². The molecular weight excluding hydrogens is 313 g/mol. The Morgan fingerprint density at radius 3 is 2.79 bits per heavy atom. The van der Waals surface area contributed by atoms with E-state index in [1.165, 1.54) is 18.2 Å². The summed E-state index contributed by atoms with van der Waals surface area (Å²) in [5.41, 5.74) is 0.662. The molecule has 3 rings (SSSR count). The molecule has 0 atom stereocenters. The Kier molecular flexibility index (Phi) is 4.53. The van der Waals surface area contributed by atoms with Gasteiger partial charge in [0.25, 0.3) is 0 Å². The number of ether oxygens (including phenoxy) is 1. The second kappa shape index (κ2) is 6.60. The topological polar surface area (TPSA) is 78.5 Å². The molecule has 0 aliphatic carbocycles. The average Bonchev–Trinajstić information content (AvgIpc) is 2.94. The summed E-state index contributed by atoms with van der Waals surface area (Å²) < 4.78 is 19.0. The summed E-state index contributed by atoms with van der Waals surface area (Å²) >= 11 is 0. The molecule has 1 aliphatic heterocycles. The number of hydrogen-bond acceptors (Lipinski definition) is 4. The van der Waals surface area contributed by atoms with E-state index >= 15 is 0 Å². The van der Waals surface area contributed by atoms with Crippen LogP contribution < -0.4 is 4.74 Å². The van der Waals surface area contributed by atoms with Gasteiger partial charge in [-0.1, -0.05) is 6.07 Å². The molecule has 0 bridgehead atoms. The van der Waals surface area contributed by atoms with Crippen LogP contribution in [-0.4, -0.2) is 44.6 Å². The lowest BCUT2D eigenvalue weighted by atomic mass is 9.91. The number of nitrogens with one attached hydrogen (secondary N) is 1. The van der Waals surface area contributed by atoms with Crippen molar-refractivity contribution in [3.63, 3.8) is 0 Å². The van der Waals surface area contributed by atoms with E-state index in [-0.39, 0.29) is 5.75 Å². The van der Waals surface area contributed by atoms with Crippen LogP contribution in [0.4, 0.5) is 4.39 Å². The molecule has 1 aromatic heterocycles. The highest BCUT2D eigenvalue weighted by Gasteiger charge is 2.44. The summed E-state index contributed by atoms with van der Waals surface area (Å²) in [5, 5.41) is 9.65. The lowest BCUT2D eigenvalue weighted by Crippen LogP contribution is -2.53. The first kappa shape index (κ1) is 16.4. The highest BCUT2D eigenvalue weighted by molar-refractivity contribution is 5.78. The molecule has 6 nitrogen and oxygen atoms in total. The Bertz CT molecular complexity index is 723. The maximum atomic E-state index is 13.3. The van der Waals surface area contributed by atoms with Gasteiger partial charge < -0.3 is 14.8 Å². The van der Waals surface area contributed by atoms with E-state index in [0.29, 0.717) is 32.5 Å². The number of hydrogen-bond donors (Lipinski definition) is 2. The monoisotopic (exact) mass is 333 g/mol. The molecule has 1 aromatic carbocycles. The second-order valence-electron chi connectivity index (χ2n) is 6.11. The first-order valence-electron chi connectivity index (χ1n) is 7.88. The van der Waals surface area contributed by atoms with Crippen molar-refractivity contribution >= 4 is 5.97 Å². The largest absolute Gasteiger partial charge is 0.478 e. The number of piperidine rings is 1. The Morgan fingerprint density at radius 2 is 2.21 bits per heavy atom. The molecule has 1 fully saturated rings. The minimum absolute atomic E-state index is 0.244. The van der Waals surface area contributed by atoms with Crippen molar-refractivity contribution in [3.05, 3.63) is 47.8 Å². The maximum absolute atomic E-state index is 13.3. The zero-order valence-electron chi connectivity index (χ0n) is 13.5. The standard InChI is InChI=1S/C17H20FN3O3/c1-12-15(20-11-19-12)10-21-7-5-17(6-8-21,16(22)23)24-14-4-2-3-13(18)9-14/h2-4,9,11H,5-8,10H2,1H3,(H,19,20)(H,22,23). The quantitative estimate of drug-likeness (QED) is 0.878. The van der Waals surface area contributed by atoms with Crippen molar-refractivity contribution in [2.75, 3.05) is 13.1 Å². The van der Waals surface area contributed by atoms with Gasteiger partial charge in [0.1, 0.15) is 11.6 Å². The number of aromatic nitrogens is 2. The third-order valence-corrected chi connectivity index (χ3v) is 4.47. The van der Waals surface area contributed by atoms with E-state index in [9.17, 15) is 14.3 Å². The fourth-order valence-corrected chi connectivity index (χ4v) is 2.95. The van der Waals surface area contributed by atoms with Crippen LogP contribution in [0, 0.1) is 12.7 Å². The predicted molar refractivity (Wildman–Crippen MR) is 85.2 cm³/mol. The van der Waals surface area contributed by atoms with E-state index in [2.05, 4.69) is 14.9 Å². The molecule has 2 heterocycles. The Labute approximate surface area is 139 Å². The van der Waals surface area contributed by atoms with Gasteiger partial charge in [-0.2, -0.15) is 0 Å². The Hall–Kier alpha value is -2.41. The number of imidazole rings is 1. The number of H-pyrrole nitrogens is 1. The van der Waals surface area contributed by atoms with Crippen molar-refractivity contribution in [2.45, 2.75) is 31.9 Å². The van der Waals surface area contributed by atoms with Gasteiger partial charge in [0, 0.05) is 44.2 Å². The first-order chi connectivity index (χ1) is 11.5. The molecule has 0 saturated carbocycles. The molecular formula is C17H20FN3O3. The van der Waals surface area contributed by atoms with Crippen LogP contribution in [0.15, 0.2) is 30.6 Å². The molecule has 24 heavy (non-hydrogen) atoms. The maximum Gasteiger partial charge on any atom is 0.348 e. The van der Waals surface area contributed by atoms with Crippen LogP contribution in [-0.2, 0) is 11.3 Å². The third kappa shape index (κ3) is 3.41. The molecule has 1 aliphatic rings. The molecule has 7 heteroatoms. The smallest absolute Gasteiger partial charge is 0.348 e. The van der Waals surface area contributed by atoms with Gasteiger partial charge >= 0.3 is 5.97 Å². The number of carboxylic acids is 1. The van der Waals surface area contributed by atoms with Crippen LogP contribution in [0.3, 0.4) is 0 Å². The van der Waals surface area contributed by atoms with Gasteiger partial charge in [0.2, 0.25) is 5.60 Å². The molecule has 0 spiro atoms. The van der Waals surface area contributed by atoms with Crippen molar-refractivity contribution in [1.82, 2.24) is 14.9 Å². The third-order valence-electron chi connectivity index (χ3n) is 4.47. The summed E-state index contributed by atoms with van der Waals surface area (Å²) in [6.45, 7) is 3.79. The summed E-state index contributed by atoms with van der Waals surface area (Å²) in [7, 11) is 0. The van der Waals surface area contributed by atoms with Gasteiger partial charge in [-0.25, -0.2) is 14.2 Å². The molecule has 2 aromatic rings. The van der Waals surface area contributed by atoms with Gasteiger partial charge in [-0.3, -0.25) is 4.90 Å². The SMILES string of the molecule is Cc1[nH]cnc1CN1CCC(Oc2cccc(F)c2)(C(=O)O)CC1. The highest BCUT2D eigenvalue weighted by Crippen LogP contribution is 2.30. The fourth-order valence-electron chi connectivity index (χ4n) is 2.95. The summed E-state index contributed by atoms with van der Waals surface area (Å²) in [5.74, 6) is -1.21. The van der Waals surface area contributed by atoms with Crippen molar-refractivity contribution in [1.29, 1.82) is 0 Å². The highest BCUT2D eigenvalue weighted by atomic mass is 19.1. The molecule has 2 N–H and O–H groups in total. The molecule has 1 saturated heterocycles. The van der Waals surface area contributed by atoms with E-state index < -0.39 is 17.4 Å². The van der Waals surface area contributed by atoms with E-state index in [1.807, 2.05) is 6.92 Å². The van der Waals surface area contributed by atoms with Crippen molar-refractivity contribution in [3.8, 4) is 5.75 Å². The van der Waals surface area contributed by atoms with Crippen LogP contribution in [0.25, 0.3) is 0 Å².